The first-order valence-corrected chi connectivity index (χ1v) is 6.63. The smallest absolute Gasteiger partial charge is 0.339 e. The maximum absolute atomic E-state index is 11.1. The van der Waals surface area contributed by atoms with Crippen molar-refractivity contribution in [1.29, 1.82) is 0 Å². The molecule has 0 amide bonds. The fraction of sp³-hybridized carbons (Fsp3) is 0.0714. The Bertz CT molecular complexity index is 596. The second kappa shape index (κ2) is 6.08. The lowest BCUT2D eigenvalue weighted by Crippen LogP contribution is -2.03. The monoisotopic (exact) mass is 340 g/mol. The Morgan fingerprint density at radius 1 is 1.21 bits per heavy atom. The van der Waals surface area contributed by atoms with E-state index in [0.29, 0.717) is 17.4 Å². The van der Waals surface area contributed by atoms with Gasteiger partial charge in [0.2, 0.25) is 0 Å². The summed E-state index contributed by atoms with van der Waals surface area (Å²) in [5, 5.41) is 9.45. The molecule has 2 aromatic rings. The minimum Gasteiger partial charge on any atom is -0.488 e. The number of carboxylic acid groups (broad SMARTS) is 1. The van der Waals surface area contributed by atoms with Gasteiger partial charge in [-0.1, -0.05) is 39.7 Å². The zero-order valence-electron chi connectivity index (χ0n) is 9.77. The van der Waals surface area contributed by atoms with Crippen molar-refractivity contribution in [2.24, 2.45) is 0 Å². The third kappa shape index (κ3) is 3.72. The molecule has 0 bridgehead atoms. The first kappa shape index (κ1) is 13.9. The van der Waals surface area contributed by atoms with E-state index in [0.717, 1.165) is 10.0 Å². The van der Waals surface area contributed by atoms with Crippen molar-refractivity contribution in [3.63, 3.8) is 0 Å². The van der Waals surface area contributed by atoms with Gasteiger partial charge < -0.3 is 9.84 Å². The molecule has 0 saturated heterocycles. The van der Waals surface area contributed by atoms with Gasteiger partial charge in [-0.2, -0.15) is 0 Å². The second-order valence-electron chi connectivity index (χ2n) is 3.86. The first-order valence-electron chi connectivity index (χ1n) is 5.46. The molecule has 19 heavy (non-hydrogen) atoms. The standard InChI is InChI=1S/C14H10BrClO3/c15-10-3-1-9(2-4-10)8-19-13-6-5-11(16)7-12(13)14(17)18/h1-7H,8H2,(H,17,18). The van der Waals surface area contributed by atoms with E-state index in [1.165, 1.54) is 6.07 Å². The van der Waals surface area contributed by atoms with Crippen molar-refractivity contribution < 1.29 is 14.6 Å². The van der Waals surface area contributed by atoms with Gasteiger partial charge in [-0.25, -0.2) is 4.79 Å². The quantitative estimate of drug-likeness (QED) is 0.897. The summed E-state index contributed by atoms with van der Waals surface area (Å²) in [7, 11) is 0. The van der Waals surface area contributed by atoms with Crippen LogP contribution in [-0.4, -0.2) is 11.1 Å². The van der Waals surface area contributed by atoms with E-state index >= 15 is 0 Å². The van der Waals surface area contributed by atoms with Crippen LogP contribution in [0.15, 0.2) is 46.9 Å². The van der Waals surface area contributed by atoms with Gasteiger partial charge in [0.25, 0.3) is 0 Å². The molecule has 0 heterocycles. The number of aromatic carboxylic acids is 1. The van der Waals surface area contributed by atoms with Crippen LogP contribution in [-0.2, 0) is 6.61 Å². The highest BCUT2D eigenvalue weighted by Crippen LogP contribution is 2.24. The van der Waals surface area contributed by atoms with Gasteiger partial charge in [-0.15, -0.1) is 0 Å². The van der Waals surface area contributed by atoms with Gasteiger partial charge in [0.05, 0.1) is 0 Å². The van der Waals surface area contributed by atoms with E-state index in [4.69, 9.17) is 21.4 Å². The number of carbonyl (C=O) groups is 1. The molecule has 0 atom stereocenters. The third-order valence-electron chi connectivity index (χ3n) is 2.48. The van der Waals surface area contributed by atoms with Crippen molar-refractivity contribution >= 4 is 33.5 Å². The predicted octanol–water partition coefficient (Wildman–Crippen LogP) is 4.38. The topological polar surface area (TPSA) is 46.5 Å². The largest absolute Gasteiger partial charge is 0.488 e. The lowest BCUT2D eigenvalue weighted by Gasteiger charge is -2.09. The van der Waals surface area contributed by atoms with E-state index in [1.807, 2.05) is 24.3 Å². The molecule has 3 nitrogen and oxygen atoms in total. The van der Waals surface area contributed by atoms with Gasteiger partial charge in [-0.3, -0.25) is 0 Å². The molecule has 2 aromatic carbocycles. The summed E-state index contributed by atoms with van der Waals surface area (Å²) in [6.07, 6.45) is 0. The van der Waals surface area contributed by atoms with Crippen LogP contribution in [0.3, 0.4) is 0 Å². The van der Waals surface area contributed by atoms with Crippen LogP contribution in [0.25, 0.3) is 0 Å². The van der Waals surface area contributed by atoms with Crippen LogP contribution in [0.1, 0.15) is 15.9 Å². The van der Waals surface area contributed by atoms with Gasteiger partial charge in [0.1, 0.15) is 17.9 Å². The van der Waals surface area contributed by atoms with Crippen molar-refractivity contribution in [2.45, 2.75) is 6.61 Å². The summed E-state index contributed by atoms with van der Waals surface area (Å²) in [5.74, 6) is -0.756. The average molecular weight is 342 g/mol. The normalized spacial score (nSPS) is 10.2. The van der Waals surface area contributed by atoms with Crippen LogP contribution in [0, 0.1) is 0 Å². The Labute approximate surface area is 123 Å². The van der Waals surface area contributed by atoms with E-state index in [2.05, 4.69) is 15.9 Å². The van der Waals surface area contributed by atoms with Gasteiger partial charge >= 0.3 is 5.97 Å². The van der Waals surface area contributed by atoms with Gasteiger partial charge in [0.15, 0.2) is 0 Å². The molecule has 2 rings (SSSR count). The van der Waals surface area contributed by atoms with E-state index in [1.54, 1.807) is 12.1 Å². The van der Waals surface area contributed by atoms with Gasteiger partial charge in [0, 0.05) is 9.50 Å². The molecule has 0 radical (unpaired) electrons. The molecule has 98 valence electrons. The fourth-order valence-corrected chi connectivity index (χ4v) is 1.97. The lowest BCUT2D eigenvalue weighted by atomic mass is 10.2. The van der Waals surface area contributed by atoms with Crippen LogP contribution >= 0.6 is 27.5 Å². The number of benzene rings is 2. The Kier molecular flexibility index (Phi) is 4.45. The highest BCUT2D eigenvalue weighted by atomic mass is 79.9. The molecule has 0 aliphatic carbocycles. The molecule has 5 heteroatoms. The van der Waals surface area contributed by atoms with Crippen LogP contribution in [0.5, 0.6) is 5.75 Å². The Balaban J connectivity index is 2.15. The molecule has 1 N–H and O–H groups in total. The maximum Gasteiger partial charge on any atom is 0.339 e. The van der Waals surface area contributed by atoms with Gasteiger partial charge in [-0.05, 0) is 35.9 Å². The summed E-state index contributed by atoms with van der Waals surface area (Å²) in [4.78, 5) is 11.1. The molecule has 0 unspecified atom stereocenters. The molecule has 0 spiro atoms. The summed E-state index contributed by atoms with van der Waals surface area (Å²) < 4.78 is 6.51. The SMILES string of the molecule is O=C(O)c1cc(Cl)ccc1OCc1ccc(Br)cc1. The molecular formula is C14H10BrClO3. The predicted molar refractivity (Wildman–Crippen MR) is 76.9 cm³/mol. The summed E-state index contributed by atoms with van der Waals surface area (Å²) >= 11 is 9.12. The molecule has 0 aliphatic heterocycles. The molecule has 0 saturated carbocycles. The zero-order valence-corrected chi connectivity index (χ0v) is 12.1. The van der Waals surface area contributed by atoms with Crippen LogP contribution in [0.2, 0.25) is 5.02 Å². The van der Waals surface area contributed by atoms with Crippen molar-refractivity contribution in [2.75, 3.05) is 0 Å². The number of ether oxygens (including phenoxy) is 1. The van der Waals surface area contributed by atoms with Crippen molar-refractivity contribution in [3.8, 4) is 5.75 Å². The fourth-order valence-electron chi connectivity index (χ4n) is 1.54. The minimum absolute atomic E-state index is 0.0598. The average Bonchev–Trinajstić information content (AvgIpc) is 2.39. The molecular weight excluding hydrogens is 332 g/mol. The minimum atomic E-state index is -1.06. The maximum atomic E-state index is 11.1. The zero-order chi connectivity index (χ0) is 13.8. The van der Waals surface area contributed by atoms with E-state index in [9.17, 15) is 4.79 Å². The summed E-state index contributed by atoms with van der Waals surface area (Å²) in [5.41, 5.74) is 1.01. The number of rotatable bonds is 4. The first-order chi connectivity index (χ1) is 9.06. The summed E-state index contributed by atoms with van der Waals surface area (Å²) in [6.45, 7) is 0.301. The van der Waals surface area contributed by atoms with E-state index in [-0.39, 0.29) is 5.56 Å². The van der Waals surface area contributed by atoms with Crippen molar-refractivity contribution in [3.05, 3.63) is 63.1 Å². The Morgan fingerprint density at radius 3 is 2.53 bits per heavy atom. The number of hydrogen-bond acceptors (Lipinski definition) is 2. The van der Waals surface area contributed by atoms with Crippen LogP contribution in [0.4, 0.5) is 0 Å². The Hall–Kier alpha value is -1.52. The molecule has 0 aliphatic rings. The van der Waals surface area contributed by atoms with E-state index < -0.39 is 5.97 Å². The van der Waals surface area contributed by atoms with Crippen molar-refractivity contribution in [1.82, 2.24) is 0 Å². The number of halogens is 2. The molecule has 0 aromatic heterocycles. The van der Waals surface area contributed by atoms with Crippen LogP contribution < -0.4 is 4.74 Å². The third-order valence-corrected chi connectivity index (χ3v) is 3.24. The lowest BCUT2D eigenvalue weighted by molar-refractivity contribution is 0.0692. The number of carboxylic acids is 1. The highest BCUT2D eigenvalue weighted by Gasteiger charge is 2.12. The molecule has 0 fully saturated rings. The highest BCUT2D eigenvalue weighted by molar-refractivity contribution is 9.10. The summed E-state index contributed by atoms with van der Waals surface area (Å²) in [6, 6.07) is 12.1. The second-order valence-corrected chi connectivity index (χ2v) is 5.21. The number of hydrogen-bond donors (Lipinski definition) is 1. The Morgan fingerprint density at radius 2 is 1.89 bits per heavy atom.